The second kappa shape index (κ2) is 5.02. The van der Waals surface area contributed by atoms with Crippen LogP contribution < -0.4 is 16.2 Å². The number of hydrogen-bond acceptors (Lipinski definition) is 4. The lowest BCUT2D eigenvalue weighted by molar-refractivity contribution is 0.0953. The van der Waals surface area contributed by atoms with Crippen LogP contribution in [0.25, 0.3) is 0 Å². The van der Waals surface area contributed by atoms with Crippen LogP contribution in [0.5, 0.6) is 0 Å². The minimum atomic E-state index is -0.338. The number of rotatable bonds is 3. The molecule has 1 aliphatic rings. The lowest BCUT2D eigenvalue weighted by Gasteiger charge is -2.23. The van der Waals surface area contributed by atoms with Crippen LogP contribution in [0.3, 0.4) is 0 Å². The average Bonchev–Trinajstić information content (AvgIpc) is 3.04. The highest BCUT2D eigenvalue weighted by Gasteiger charge is 2.26. The van der Waals surface area contributed by atoms with Crippen molar-refractivity contribution >= 4 is 11.6 Å². The van der Waals surface area contributed by atoms with Crippen molar-refractivity contribution in [3.8, 4) is 0 Å². The average molecular weight is 271 g/mol. The summed E-state index contributed by atoms with van der Waals surface area (Å²) in [5.41, 5.74) is 5.14. The number of carbonyl (C=O) groups excluding carboxylic acids is 1. The standard InChI is InChI=1S/C15H17N3O2/c1-10-6-11-4-2-3-5-14(11)18(10)8-13-7-12(9-20-13)15(19)17-16/h2-5,7,9-10H,6,8,16H2,1H3,(H,17,19). The van der Waals surface area contributed by atoms with Crippen LogP contribution in [0.1, 0.15) is 28.6 Å². The Bertz CT molecular complexity index is 636. The number of nitrogens with zero attached hydrogens (tertiary/aromatic N) is 1. The lowest BCUT2D eigenvalue weighted by atomic mass is 10.1. The topological polar surface area (TPSA) is 71.5 Å². The minimum absolute atomic E-state index is 0.338. The lowest BCUT2D eigenvalue weighted by Crippen LogP contribution is -2.30. The van der Waals surface area contributed by atoms with Crippen molar-refractivity contribution < 1.29 is 9.21 Å². The van der Waals surface area contributed by atoms with E-state index in [0.717, 1.165) is 12.2 Å². The number of nitrogens with one attached hydrogen (secondary N) is 1. The molecular weight excluding hydrogens is 254 g/mol. The van der Waals surface area contributed by atoms with E-state index in [1.165, 1.54) is 17.5 Å². The predicted molar refractivity (Wildman–Crippen MR) is 76.2 cm³/mol. The first-order valence-corrected chi connectivity index (χ1v) is 6.62. The Morgan fingerprint density at radius 1 is 1.50 bits per heavy atom. The van der Waals surface area contributed by atoms with Crippen molar-refractivity contribution in [3.63, 3.8) is 0 Å². The molecule has 2 aromatic rings. The highest BCUT2D eigenvalue weighted by Crippen LogP contribution is 2.33. The summed E-state index contributed by atoms with van der Waals surface area (Å²) in [6.45, 7) is 2.84. The van der Waals surface area contributed by atoms with Crippen molar-refractivity contribution in [1.29, 1.82) is 0 Å². The number of benzene rings is 1. The fourth-order valence-corrected chi connectivity index (χ4v) is 2.70. The Morgan fingerprint density at radius 2 is 2.30 bits per heavy atom. The van der Waals surface area contributed by atoms with Crippen molar-refractivity contribution in [2.75, 3.05) is 4.90 Å². The number of amides is 1. The summed E-state index contributed by atoms with van der Waals surface area (Å²) in [5, 5.41) is 0. The highest BCUT2D eigenvalue weighted by molar-refractivity contribution is 5.93. The second-order valence-electron chi connectivity index (χ2n) is 5.08. The van der Waals surface area contributed by atoms with Crippen LogP contribution in [0.15, 0.2) is 41.0 Å². The monoisotopic (exact) mass is 271 g/mol. The molecule has 0 spiro atoms. The fraction of sp³-hybridized carbons (Fsp3) is 0.267. The van der Waals surface area contributed by atoms with Crippen LogP contribution in [0.2, 0.25) is 0 Å². The molecule has 1 unspecified atom stereocenters. The molecule has 1 aliphatic heterocycles. The van der Waals surface area contributed by atoms with Gasteiger partial charge in [0.1, 0.15) is 12.0 Å². The van der Waals surface area contributed by atoms with Gasteiger partial charge in [-0.25, -0.2) is 5.84 Å². The number of furan rings is 1. The summed E-state index contributed by atoms with van der Waals surface area (Å²) in [7, 11) is 0. The molecule has 0 fully saturated rings. The first-order chi connectivity index (χ1) is 9.69. The molecule has 1 atom stereocenters. The smallest absolute Gasteiger partial charge is 0.268 e. The number of carbonyl (C=O) groups is 1. The molecule has 0 saturated heterocycles. The maximum atomic E-state index is 11.4. The minimum Gasteiger partial charge on any atom is -0.467 e. The van der Waals surface area contributed by atoms with Gasteiger partial charge in [-0.3, -0.25) is 10.2 Å². The van der Waals surface area contributed by atoms with Gasteiger partial charge in [-0.2, -0.15) is 0 Å². The molecular formula is C15H17N3O2. The van der Waals surface area contributed by atoms with E-state index in [2.05, 4.69) is 35.4 Å². The highest BCUT2D eigenvalue weighted by atomic mass is 16.3. The van der Waals surface area contributed by atoms with Crippen LogP contribution in [-0.4, -0.2) is 11.9 Å². The first kappa shape index (κ1) is 12.7. The van der Waals surface area contributed by atoms with Gasteiger partial charge in [-0.1, -0.05) is 18.2 Å². The normalized spacial score (nSPS) is 17.1. The molecule has 5 nitrogen and oxygen atoms in total. The van der Waals surface area contributed by atoms with Crippen molar-refractivity contribution in [2.24, 2.45) is 5.84 Å². The molecule has 0 radical (unpaired) electrons. The Hall–Kier alpha value is -2.27. The first-order valence-electron chi connectivity index (χ1n) is 6.62. The zero-order valence-corrected chi connectivity index (χ0v) is 11.3. The molecule has 1 aromatic carbocycles. The van der Waals surface area contributed by atoms with Crippen molar-refractivity contribution in [1.82, 2.24) is 5.43 Å². The van der Waals surface area contributed by atoms with Crippen LogP contribution in [0.4, 0.5) is 5.69 Å². The van der Waals surface area contributed by atoms with Crippen LogP contribution >= 0.6 is 0 Å². The number of anilines is 1. The largest absolute Gasteiger partial charge is 0.467 e. The van der Waals surface area contributed by atoms with Gasteiger partial charge < -0.3 is 9.32 Å². The van der Waals surface area contributed by atoms with E-state index < -0.39 is 0 Å². The maximum Gasteiger partial charge on any atom is 0.268 e. The van der Waals surface area contributed by atoms with E-state index in [1.807, 2.05) is 6.07 Å². The van der Waals surface area contributed by atoms with Gasteiger partial charge in [0, 0.05) is 11.7 Å². The molecule has 3 rings (SSSR count). The van der Waals surface area contributed by atoms with Crippen molar-refractivity contribution in [3.05, 3.63) is 53.5 Å². The van der Waals surface area contributed by atoms with Gasteiger partial charge in [0.05, 0.1) is 12.1 Å². The van der Waals surface area contributed by atoms with Gasteiger partial charge >= 0.3 is 0 Å². The fourth-order valence-electron chi connectivity index (χ4n) is 2.70. The van der Waals surface area contributed by atoms with E-state index in [4.69, 9.17) is 10.3 Å². The molecule has 5 heteroatoms. The molecule has 0 aliphatic carbocycles. The molecule has 2 heterocycles. The SMILES string of the molecule is CC1Cc2ccccc2N1Cc1cc(C(=O)NN)co1. The summed E-state index contributed by atoms with van der Waals surface area (Å²) in [4.78, 5) is 13.7. The Kier molecular flexibility index (Phi) is 3.20. The number of nitrogen functional groups attached to an aromatic ring is 1. The van der Waals surface area contributed by atoms with E-state index in [0.29, 0.717) is 18.2 Å². The van der Waals surface area contributed by atoms with E-state index in [9.17, 15) is 4.79 Å². The van der Waals surface area contributed by atoms with Gasteiger partial charge in [0.15, 0.2) is 0 Å². The third kappa shape index (κ3) is 2.16. The molecule has 1 aromatic heterocycles. The number of hydrogen-bond donors (Lipinski definition) is 2. The number of para-hydroxylation sites is 1. The van der Waals surface area contributed by atoms with Crippen LogP contribution in [0, 0.1) is 0 Å². The summed E-state index contributed by atoms with van der Waals surface area (Å²) >= 11 is 0. The number of nitrogens with two attached hydrogens (primary N) is 1. The van der Waals surface area contributed by atoms with Gasteiger partial charge in [-0.05, 0) is 31.0 Å². The zero-order valence-electron chi connectivity index (χ0n) is 11.3. The Morgan fingerprint density at radius 3 is 3.10 bits per heavy atom. The summed E-state index contributed by atoms with van der Waals surface area (Å²) < 4.78 is 5.45. The maximum absolute atomic E-state index is 11.4. The van der Waals surface area contributed by atoms with E-state index >= 15 is 0 Å². The van der Waals surface area contributed by atoms with Gasteiger partial charge in [0.25, 0.3) is 5.91 Å². The van der Waals surface area contributed by atoms with E-state index in [1.54, 1.807) is 6.07 Å². The Balaban J connectivity index is 1.81. The molecule has 0 bridgehead atoms. The summed E-state index contributed by atoms with van der Waals surface area (Å²) in [6, 6.07) is 10.5. The molecule has 20 heavy (non-hydrogen) atoms. The molecule has 104 valence electrons. The van der Waals surface area contributed by atoms with Crippen LogP contribution in [-0.2, 0) is 13.0 Å². The quantitative estimate of drug-likeness (QED) is 0.507. The zero-order chi connectivity index (χ0) is 14.1. The second-order valence-corrected chi connectivity index (χ2v) is 5.08. The third-order valence-corrected chi connectivity index (χ3v) is 3.72. The summed E-state index contributed by atoms with van der Waals surface area (Å²) in [6.07, 6.45) is 2.47. The third-order valence-electron chi connectivity index (χ3n) is 3.72. The summed E-state index contributed by atoms with van der Waals surface area (Å²) in [5.74, 6) is 5.53. The van der Waals surface area contributed by atoms with E-state index in [-0.39, 0.29) is 5.91 Å². The number of hydrazine groups is 1. The molecule has 1 amide bonds. The Labute approximate surface area is 117 Å². The number of fused-ring (bicyclic) bond motifs is 1. The predicted octanol–water partition coefficient (Wildman–Crippen LogP) is 1.83. The molecule has 0 saturated carbocycles. The van der Waals surface area contributed by atoms with Gasteiger partial charge in [-0.15, -0.1) is 0 Å². The molecule has 3 N–H and O–H groups in total. The van der Waals surface area contributed by atoms with Gasteiger partial charge in [0.2, 0.25) is 0 Å². The van der Waals surface area contributed by atoms with Crippen molar-refractivity contribution in [2.45, 2.75) is 25.9 Å².